The van der Waals surface area contributed by atoms with Gasteiger partial charge in [-0.25, -0.2) is 0 Å². The Kier molecular flexibility index (Phi) is 5.62. The van der Waals surface area contributed by atoms with E-state index in [9.17, 15) is 5.11 Å². The van der Waals surface area contributed by atoms with Crippen LogP contribution in [0.2, 0.25) is 0 Å². The lowest BCUT2D eigenvalue weighted by Crippen LogP contribution is -2.33. The molecule has 3 nitrogen and oxygen atoms in total. The molecule has 12 heavy (non-hydrogen) atoms. The van der Waals surface area contributed by atoms with Crippen LogP contribution in [0.25, 0.3) is 0 Å². The quantitative estimate of drug-likeness (QED) is 0.497. The number of aliphatic hydroxyl groups is 3. The zero-order chi connectivity index (χ0) is 9.56. The van der Waals surface area contributed by atoms with E-state index in [1.54, 1.807) is 6.08 Å². The second kappa shape index (κ2) is 5.94. The van der Waals surface area contributed by atoms with Crippen LogP contribution in [0.4, 0.5) is 0 Å². The molecular formula is C9H16O3. The van der Waals surface area contributed by atoms with Crippen molar-refractivity contribution in [2.45, 2.75) is 18.6 Å². The van der Waals surface area contributed by atoms with Gasteiger partial charge in [0.15, 0.2) is 0 Å². The van der Waals surface area contributed by atoms with Crippen molar-refractivity contribution < 1.29 is 15.3 Å². The fraction of sp³-hybridized carbons (Fsp3) is 0.556. The second-order valence-electron chi connectivity index (χ2n) is 2.68. The van der Waals surface area contributed by atoms with Gasteiger partial charge in [0.25, 0.3) is 0 Å². The molecule has 0 aromatic rings. The number of hydrogen-bond donors (Lipinski definition) is 3. The van der Waals surface area contributed by atoms with Gasteiger partial charge in [0.1, 0.15) is 0 Å². The summed E-state index contributed by atoms with van der Waals surface area (Å²) in [5.41, 5.74) is 0. The standard InChI is InChI=1S/C9H16O3/c1-3-5-7(6-10)9(12)8(11)4-2/h3-4,7-12H,1-2,5-6H2. The van der Waals surface area contributed by atoms with E-state index in [-0.39, 0.29) is 12.5 Å². The summed E-state index contributed by atoms with van der Waals surface area (Å²) in [4.78, 5) is 0. The smallest absolute Gasteiger partial charge is 0.0981 e. The lowest BCUT2D eigenvalue weighted by Gasteiger charge is -2.22. The molecule has 0 aliphatic rings. The predicted octanol–water partition coefficient (Wildman–Crippen LogP) is 0.0788. The van der Waals surface area contributed by atoms with Gasteiger partial charge in [-0.1, -0.05) is 12.2 Å². The highest BCUT2D eigenvalue weighted by atomic mass is 16.3. The van der Waals surface area contributed by atoms with Crippen LogP contribution < -0.4 is 0 Å². The Morgan fingerprint density at radius 1 is 1.25 bits per heavy atom. The van der Waals surface area contributed by atoms with Crippen molar-refractivity contribution in [2.24, 2.45) is 5.92 Å². The summed E-state index contributed by atoms with van der Waals surface area (Å²) >= 11 is 0. The Hall–Kier alpha value is -0.640. The minimum absolute atomic E-state index is 0.169. The molecule has 0 saturated heterocycles. The van der Waals surface area contributed by atoms with Gasteiger partial charge >= 0.3 is 0 Å². The molecule has 3 heteroatoms. The van der Waals surface area contributed by atoms with Crippen LogP contribution in [0.5, 0.6) is 0 Å². The van der Waals surface area contributed by atoms with Crippen molar-refractivity contribution in [2.75, 3.05) is 6.61 Å². The molecule has 0 heterocycles. The summed E-state index contributed by atoms with van der Waals surface area (Å²) in [6.07, 6.45) is 1.37. The Bertz CT molecular complexity index is 145. The molecule has 0 fully saturated rings. The Balaban J connectivity index is 4.08. The van der Waals surface area contributed by atoms with E-state index < -0.39 is 12.2 Å². The molecule has 0 aromatic heterocycles. The van der Waals surface area contributed by atoms with Crippen LogP contribution >= 0.6 is 0 Å². The van der Waals surface area contributed by atoms with E-state index in [1.807, 2.05) is 0 Å². The lowest BCUT2D eigenvalue weighted by atomic mass is 9.95. The minimum atomic E-state index is -0.984. The van der Waals surface area contributed by atoms with Crippen molar-refractivity contribution in [1.82, 2.24) is 0 Å². The highest BCUT2D eigenvalue weighted by Crippen LogP contribution is 2.12. The zero-order valence-corrected chi connectivity index (χ0v) is 7.06. The topological polar surface area (TPSA) is 60.7 Å². The SMILES string of the molecule is C=CCC(CO)C(O)C(O)C=C. The lowest BCUT2D eigenvalue weighted by molar-refractivity contribution is -0.00928. The molecule has 0 rings (SSSR count). The maximum absolute atomic E-state index is 9.38. The second-order valence-corrected chi connectivity index (χ2v) is 2.68. The number of rotatable bonds is 6. The van der Waals surface area contributed by atoms with E-state index in [4.69, 9.17) is 10.2 Å². The molecule has 0 saturated carbocycles. The molecule has 0 radical (unpaired) electrons. The molecule has 0 amide bonds. The fourth-order valence-corrected chi connectivity index (χ4v) is 0.954. The third kappa shape index (κ3) is 3.17. The third-order valence-electron chi connectivity index (χ3n) is 1.78. The number of aliphatic hydroxyl groups excluding tert-OH is 3. The maximum atomic E-state index is 9.38. The number of hydrogen-bond acceptors (Lipinski definition) is 3. The van der Waals surface area contributed by atoms with Crippen LogP contribution in [0, 0.1) is 5.92 Å². The average Bonchev–Trinajstić information content (AvgIpc) is 2.11. The van der Waals surface area contributed by atoms with E-state index >= 15 is 0 Å². The van der Waals surface area contributed by atoms with E-state index in [0.29, 0.717) is 6.42 Å². The van der Waals surface area contributed by atoms with Crippen molar-refractivity contribution in [3.05, 3.63) is 25.3 Å². The van der Waals surface area contributed by atoms with Crippen molar-refractivity contribution in [1.29, 1.82) is 0 Å². The Morgan fingerprint density at radius 2 is 1.83 bits per heavy atom. The van der Waals surface area contributed by atoms with Gasteiger partial charge in [0, 0.05) is 12.5 Å². The summed E-state index contributed by atoms with van der Waals surface area (Å²) in [6.45, 7) is 6.66. The summed E-state index contributed by atoms with van der Waals surface area (Å²) in [6, 6.07) is 0. The normalized spacial score (nSPS) is 17.9. The van der Waals surface area contributed by atoms with Crippen LogP contribution in [0.1, 0.15) is 6.42 Å². The molecule has 3 unspecified atom stereocenters. The summed E-state index contributed by atoms with van der Waals surface area (Å²) in [5, 5.41) is 27.3. The largest absolute Gasteiger partial charge is 0.396 e. The molecule has 70 valence electrons. The predicted molar refractivity (Wildman–Crippen MR) is 47.6 cm³/mol. The maximum Gasteiger partial charge on any atom is 0.0981 e. The molecule has 0 aliphatic heterocycles. The minimum Gasteiger partial charge on any atom is -0.396 e. The van der Waals surface area contributed by atoms with E-state index in [2.05, 4.69) is 13.2 Å². The van der Waals surface area contributed by atoms with Crippen LogP contribution in [-0.2, 0) is 0 Å². The van der Waals surface area contributed by atoms with Crippen LogP contribution in [-0.4, -0.2) is 34.1 Å². The first-order chi connectivity index (χ1) is 5.67. The first-order valence-electron chi connectivity index (χ1n) is 3.87. The summed E-state index contributed by atoms with van der Waals surface area (Å²) in [5.74, 6) is -0.365. The van der Waals surface area contributed by atoms with Gasteiger partial charge in [-0.3, -0.25) is 0 Å². The Labute approximate surface area is 72.7 Å². The summed E-state index contributed by atoms with van der Waals surface area (Å²) < 4.78 is 0. The number of allylic oxidation sites excluding steroid dienone is 1. The first kappa shape index (κ1) is 11.4. The molecule has 0 aromatic carbocycles. The molecular weight excluding hydrogens is 156 g/mol. The van der Waals surface area contributed by atoms with Crippen LogP contribution in [0.15, 0.2) is 25.3 Å². The molecule has 0 bridgehead atoms. The molecule has 3 N–H and O–H groups in total. The van der Waals surface area contributed by atoms with Gasteiger partial charge in [0.2, 0.25) is 0 Å². The average molecular weight is 172 g/mol. The van der Waals surface area contributed by atoms with Crippen molar-refractivity contribution in [3.63, 3.8) is 0 Å². The van der Waals surface area contributed by atoms with Crippen molar-refractivity contribution in [3.8, 4) is 0 Å². The van der Waals surface area contributed by atoms with E-state index in [0.717, 1.165) is 0 Å². The third-order valence-corrected chi connectivity index (χ3v) is 1.78. The van der Waals surface area contributed by atoms with Gasteiger partial charge in [0.05, 0.1) is 12.2 Å². The monoisotopic (exact) mass is 172 g/mol. The van der Waals surface area contributed by atoms with Crippen molar-refractivity contribution >= 4 is 0 Å². The van der Waals surface area contributed by atoms with Crippen LogP contribution in [0.3, 0.4) is 0 Å². The molecule has 3 atom stereocenters. The summed E-state index contributed by atoms with van der Waals surface area (Å²) in [7, 11) is 0. The zero-order valence-electron chi connectivity index (χ0n) is 7.06. The van der Waals surface area contributed by atoms with E-state index in [1.165, 1.54) is 6.08 Å². The Morgan fingerprint density at radius 3 is 2.17 bits per heavy atom. The van der Waals surface area contributed by atoms with Gasteiger partial charge in [-0.05, 0) is 6.42 Å². The molecule has 0 aliphatic carbocycles. The van der Waals surface area contributed by atoms with Gasteiger partial charge < -0.3 is 15.3 Å². The fourth-order valence-electron chi connectivity index (χ4n) is 0.954. The van der Waals surface area contributed by atoms with Gasteiger partial charge in [-0.2, -0.15) is 0 Å². The highest BCUT2D eigenvalue weighted by molar-refractivity contribution is 4.89. The molecule has 0 spiro atoms. The highest BCUT2D eigenvalue weighted by Gasteiger charge is 2.22. The van der Waals surface area contributed by atoms with Gasteiger partial charge in [-0.15, -0.1) is 13.2 Å². The first-order valence-corrected chi connectivity index (χ1v) is 3.87.